The Kier molecular flexibility index (Phi) is 5.28. The summed E-state index contributed by atoms with van der Waals surface area (Å²) in [5.74, 6) is -1.98. The van der Waals surface area contributed by atoms with Crippen LogP contribution in [0.15, 0.2) is 18.2 Å². The molecule has 3 nitrogen and oxygen atoms in total. The first kappa shape index (κ1) is 15.9. The van der Waals surface area contributed by atoms with Crippen molar-refractivity contribution < 1.29 is 13.6 Å². The van der Waals surface area contributed by atoms with E-state index in [1.807, 2.05) is 0 Å². The maximum atomic E-state index is 13.7. The van der Waals surface area contributed by atoms with Crippen molar-refractivity contribution >= 4 is 5.91 Å². The zero-order chi connectivity index (χ0) is 15.4. The molecule has 3 atom stereocenters. The Morgan fingerprint density at radius 1 is 1.43 bits per heavy atom. The second-order valence-electron chi connectivity index (χ2n) is 5.67. The molecule has 1 aliphatic carbocycles. The number of hydrogen-bond acceptors (Lipinski definition) is 2. The molecule has 0 heterocycles. The lowest BCUT2D eigenvalue weighted by Crippen LogP contribution is -2.41. The van der Waals surface area contributed by atoms with Gasteiger partial charge in [-0.05, 0) is 25.0 Å². The smallest absolute Gasteiger partial charge is 0.224 e. The van der Waals surface area contributed by atoms with Crippen LogP contribution in [0.5, 0.6) is 0 Å². The molecule has 0 saturated heterocycles. The maximum Gasteiger partial charge on any atom is 0.224 e. The number of nitrogens with one attached hydrogen (secondary N) is 1. The minimum atomic E-state index is -0.573. The van der Waals surface area contributed by atoms with Crippen LogP contribution >= 0.6 is 0 Å². The number of carbonyl (C=O) groups is 1. The molecule has 3 unspecified atom stereocenters. The first-order valence-corrected chi connectivity index (χ1v) is 7.52. The Morgan fingerprint density at radius 3 is 2.67 bits per heavy atom. The molecule has 1 saturated carbocycles. The number of hydrogen-bond donors (Lipinski definition) is 2. The number of unbranched alkanes of at least 4 members (excludes halogenated alkanes) is 1. The summed E-state index contributed by atoms with van der Waals surface area (Å²) in [7, 11) is 0. The van der Waals surface area contributed by atoms with Gasteiger partial charge in [-0.1, -0.05) is 25.8 Å². The first-order chi connectivity index (χ1) is 10.1. The molecule has 0 aliphatic heterocycles. The number of halogens is 2. The van der Waals surface area contributed by atoms with E-state index in [4.69, 9.17) is 5.73 Å². The van der Waals surface area contributed by atoms with Crippen molar-refractivity contribution in [2.24, 2.45) is 11.7 Å². The molecular weight excluding hydrogens is 274 g/mol. The van der Waals surface area contributed by atoms with E-state index in [1.165, 1.54) is 18.2 Å². The highest BCUT2D eigenvalue weighted by molar-refractivity contribution is 5.83. The standard InChI is InChI=1S/C16H22F2N2O/c1-2-3-5-10(9-19)20-16(21)12-8-11(12)15-13(17)6-4-7-14(15)18/h4,6-7,10-12H,2-3,5,8-9,19H2,1H3,(H,20,21). The number of amides is 1. The van der Waals surface area contributed by atoms with Gasteiger partial charge in [0.15, 0.2) is 0 Å². The summed E-state index contributed by atoms with van der Waals surface area (Å²) in [5.41, 5.74) is 5.68. The van der Waals surface area contributed by atoms with E-state index in [1.54, 1.807) is 0 Å². The largest absolute Gasteiger partial charge is 0.352 e. The zero-order valence-electron chi connectivity index (χ0n) is 12.2. The van der Waals surface area contributed by atoms with E-state index in [0.717, 1.165) is 19.3 Å². The van der Waals surface area contributed by atoms with Crippen LogP contribution in [0, 0.1) is 17.6 Å². The van der Waals surface area contributed by atoms with Crippen LogP contribution in [-0.2, 0) is 4.79 Å². The van der Waals surface area contributed by atoms with Gasteiger partial charge < -0.3 is 11.1 Å². The van der Waals surface area contributed by atoms with Gasteiger partial charge in [0.25, 0.3) is 0 Å². The molecule has 1 amide bonds. The minimum absolute atomic E-state index is 0.0375. The Morgan fingerprint density at radius 2 is 2.10 bits per heavy atom. The summed E-state index contributed by atoms with van der Waals surface area (Å²) in [4.78, 5) is 12.1. The molecule has 2 rings (SSSR count). The third-order valence-corrected chi connectivity index (χ3v) is 4.03. The van der Waals surface area contributed by atoms with Crippen molar-refractivity contribution in [3.63, 3.8) is 0 Å². The predicted octanol–water partition coefficient (Wildman–Crippen LogP) is 2.70. The molecule has 1 aromatic carbocycles. The second kappa shape index (κ2) is 6.98. The maximum absolute atomic E-state index is 13.7. The van der Waals surface area contributed by atoms with Crippen LogP contribution in [0.4, 0.5) is 8.78 Å². The summed E-state index contributed by atoms with van der Waals surface area (Å²) in [5, 5.41) is 2.89. The molecule has 1 aromatic rings. The fourth-order valence-corrected chi connectivity index (χ4v) is 2.68. The van der Waals surface area contributed by atoms with Crippen LogP contribution in [-0.4, -0.2) is 18.5 Å². The fourth-order valence-electron chi connectivity index (χ4n) is 2.68. The normalized spacial score (nSPS) is 21.9. The van der Waals surface area contributed by atoms with Crippen LogP contribution < -0.4 is 11.1 Å². The SMILES string of the molecule is CCCCC(CN)NC(=O)C1CC1c1c(F)cccc1F. The molecular formula is C16H22F2N2O. The van der Waals surface area contributed by atoms with Gasteiger partial charge in [-0.3, -0.25) is 4.79 Å². The molecule has 0 bridgehead atoms. The van der Waals surface area contributed by atoms with Gasteiger partial charge in [0.2, 0.25) is 5.91 Å². The summed E-state index contributed by atoms with van der Waals surface area (Å²) < 4.78 is 27.4. The molecule has 3 N–H and O–H groups in total. The highest BCUT2D eigenvalue weighted by Gasteiger charge is 2.46. The lowest BCUT2D eigenvalue weighted by Gasteiger charge is -2.16. The van der Waals surface area contributed by atoms with Crippen molar-refractivity contribution in [2.45, 2.75) is 44.6 Å². The van der Waals surface area contributed by atoms with Crippen LogP contribution in [0.2, 0.25) is 0 Å². The molecule has 5 heteroatoms. The van der Waals surface area contributed by atoms with Gasteiger partial charge >= 0.3 is 0 Å². The van der Waals surface area contributed by atoms with Crippen molar-refractivity contribution in [3.05, 3.63) is 35.4 Å². The van der Waals surface area contributed by atoms with Gasteiger partial charge in [-0.15, -0.1) is 0 Å². The molecule has 116 valence electrons. The minimum Gasteiger partial charge on any atom is -0.352 e. The van der Waals surface area contributed by atoms with Gasteiger partial charge in [-0.2, -0.15) is 0 Å². The summed E-state index contributed by atoms with van der Waals surface area (Å²) in [6.07, 6.45) is 3.37. The molecule has 1 aliphatic rings. The quantitative estimate of drug-likeness (QED) is 0.813. The zero-order valence-corrected chi connectivity index (χ0v) is 12.2. The molecule has 0 radical (unpaired) electrons. The molecule has 21 heavy (non-hydrogen) atoms. The lowest BCUT2D eigenvalue weighted by atomic mass is 10.1. The average Bonchev–Trinajstić information content (AvgIpc) is 3.23. The topological polar surface area (TPSA) is 55.1 Å². The Balaban J connectivity index is 1.95. The van der Waals surface area contributed by atoms with Gasteiger partial charge in [0.05, 0.1) is 0 Å². The van der Waals surface area contributed by atoms with Gasteiger partial charge in [0.1, 0.15) is 11.6 Å². The van der Waals surface area contributed by atoms with Gasteiger partial charge in [-0.25, -0.2) is 8.78 Å². The van der Waals surface area contributed by atoms with E-state index < -0.39 is 11.6 Å². The second-order valence-corrected chi connectivity index (χ2v) is 5.67. The van der Waals surface area contributed by atoms with E-state index >= 15 is 0 Å². The van der Waals surface area contributed by atoms with Crippen molar-refractivity contribution in [3.8, 4) is 0 Å². The number of carbonyl (C=O) groups excluding carboxylic acids is 1. The van der Waals surface area contributed by atoms with E-state index in [9.17, 15) is 13.6 Å². The van der Waals surface area contributed by atoms with Crippen molar-refractivity contribution in [1.29, 1.82) is 0 Å². The third-order valence-electron chi connectivity index (χ3n) is 4.03. The average molecular weight is 296 g/mol. The van der Waals surface area contributed by atoms with Crippen LogP contribution in [0.25, 0.3) is 0 Å². The molecule has 0 aromatic heterocycles. The highest BCUT2D eigenvalue weighted by Crippen LogP contribution is 2.49. The van der Waals surface area contributed by atoms with E-state index in [2.05, 4.69) is 12.2 Å². The van der Waals surface area contributed by atoms with E-state index in [0.29, 0.717) is 13.0 Å². The Labute approximate surface area is 123 Å². The summed E-state index contributed by atoms with van der Waals surface area (Å²) in [6.45, 7) is 2.46. The van der Waals surface area contributed by atoms with E-state index in [-0.39, 0.29) is 29.3 Å². The third kappa shape index (κ3) is 3.79. The lowest BCUT2D eigenvalue weighted by molar-refractivity contribution is -0.123. The summed E-state index contributed by atoms with van der Waals surface area (Å²) in [6, 6.07) is 3.75. The van der Waals surface area contributed by atoms with Crippen molar-refractivity contribution in [1.82, 2.24) is 5.32 Å². The van der Waals surface area contributed by atoms with Crippen LogP contribution in [0.1, 0.15) is 44.1 Å². The molecule has 0 spiro atoms. The number of benzene rings is 1. The molecule has 1 fully saturated rings. The Bertz CT molecular complexity index is 487. The highest BCUT2D eigenvalue weighted by atomic mass is 19.1. The fraction of sp³-hybridized carbons (Fsp3) is 0.562. The monoisotopic (exact) mass is 296 g/mol. The Hall–Kier alpha value is -1.49. The van der Waals surface area contributed by atoms with Crippen molar-refractivity contribution in [2.75, 3.05) is 6.54 Å². The van der Waals surface area contributed by atoms with Gasteiger partial charge in [0, 0.05) is 30.0 Å². The van der Waals surface area contributed by atoms with Crippen LogP contribution in [0.3, 0.4) is 0 Å². The number of rotatable bonds is 7. The summed E-state index contributed by atoms with van der Waals surface area (Å²) >= 11 is 0. The number of nitrogens with two attached hydrogens (primary N) is 1. The predicted molar refractivity (Wildman–Crippen MR) is 77.7 cm³/mol. The first-order valence-electron chi connectivity index (χ1n) is 7.52.